The van der Waals surface area contributed by atoms with E-state index >= 15 is 0 Å². The van der Waals surface area contributed by atoms with Gasteiger partial charge in [0.05, 0.1) is 4.24 Å². The minimum atomic E-state index is 0.111. The van der Waals surface area contributed by atoms with Crippen LogP contribution in [0.5, 0.6) is 0 Å². The third kappa shape index (κ3) is 2.41. The number of thioether (sulfide) groups is 2. The number of hydrogen-bond donors (Lipinski definition) is 0. The van der Waals surface area contributed by atoms with Crippen LogP contribution < -0.4 is 0 Å². The third-order valence-electron chi connectivity index (χ3n) is 2.64. The Balaban J connectivity index is 2.42. The van der Waals surface area contributed by atoms with Crippen LogP contribution in [0.2, 0.25) is 0 Å². The van der Waals surface area contributed by atoms with Crippen LogP contribution >= 0.6 is 23.5 Å². The molecule has 0 atom stereocenters. The Morgan fingerprint density at radius 2 is 1.67 bits per heavy atom. The fourth-order valence-electron chi connectivity index (χ4n) is 1.58. The molecule has 2 nitrogen and oxygen atoms in total. The van der Waals surface area contributed by atoms with Gasteiger partial charge in [-0.05, 0) is 23.1 Å². The van der Waals surface area contributed by atoms with Gasteiger partial charge in [-0.25, -0.2) is 0 Å². The van der Waals surface area contributed by atoms with Gasteiger partial charge in [0.1, 0.15) is 17.7 Å². The van der Waals surface area contributed by atoms with Crippen molar-refractivity contribution in [2.45, 2.75) is 36.0 Å². The Morgan fingerprint density at radius 3 is 2.22 bits per heavy atom. The molecular formula is C14H12N2S2. The molecule has 0 spiro atoms. The first-order valence-electron chi connectivity index (χ1n) is 5.50. The van der Waals surface area contributed by atoms with Crippen LogP contribution in [0.4, 0.5) is 0 Å². The topological polar surface area (TPSA) is 47.6 Å². The predicted molar refractivity (Wildman–Crippen MR) is 75.1 cm³/mol. The molecular weight excluding hydrogens is 260 g/mol. The number of nitriles is 2. The number of allylic oxidation sites excluding steroid dienone is 1. The molecule has 0 radical (unpaired) electrons. The Kier molecular flexibility index (Phi) is 3.43. The minimum absolute atomic E-state index is 0.111. The van der Waals surface area contributed by atoms with Gasteiger partial charge in [0.25, 0.3) is 0 Å². The van der Waals surface area contributed by atoms with E-state index in [1.54, 1.807) is 0 Å². The summed E-state index contributed by atoms with van der Waals surface area (Å²) in [5.74, 6) is 0. The highest BCUT2D eigenvalue weighted by atomic mass is 32.2. The fourth-order valence-corrected chi connectivity index (χ4v) is 3.97. The molecule has 1 aliphatic heterocycles. The van der Waals surface area contributed by atoms with Gasteiger partial charge in [-0.3, -0.25) is 0 Å². The second-order valence-corrected chi connectivity index (χ2v) is 7.36. The predicted octanol–water partition coefficient (Wildman–Crippen LogP) is 4.44. The molecule has 2 rings (SSSR count). The zero-order chi connectivity index (χ0) is 13.3. The molecule has 0 amide bonds. The quantitative estimate of drug-likeness (QED) is 0.655. The van der Waals surface area contributed by atoms with Crippen LogP contribution in [0.25, 0.3) is 0 Å². The summed E-state index contributed by atoms with van der Waals surface area (Å²) in [4.78, 5) is 2.27. The molecule has 0 bridgehead atoms. The summed E-state index contributed by atoms with van der Waals surface area (Å²) in [7, 11) is 0. The zero-order valence-electron chi connectivity index (χ0n) is 10.4. The normalized spacial score (nSPS) is 13.7. The maximum absolute atomic E-state index is 8.89. The molecule has 0 aromatic heterocycles. The lowest BCUT2D eigenvalue weighted by Gasteiger charge is -2.19. The summed E-state index contributed by atoms with van der Waals surface area (Å²) in [5, 5.41) is 17.8. The van der Waals surface area contributed by atoms with Crippen molar-refractivity contribution < 1.29 is 0 Å². The number of fused-ring (bicyclic) bond motifs is 1. The van der Waals surface area contributed by atoms with E-state index in [9.17, 15) is 0 Å². The molecule has 18 heavy (non-hydrogen) atoms. The van der Waals surface area contributed by atoms with E-state index in [1.165, 1.54) is 29.1 Å². The van der Waals surface area contributed by atoms with Crippen molar-refractivity contribution in [1.29, 1.82) is 10.5 Å². The van der Waals surface area contributed by atoms with Crippen LogP contribution in [0.3, 0.4) is 0 Å². The Labute approximate surface area is 116 Å². The van der Waals surface area contributed by atoms with Crippen molar-refractivity contribution in [3.8, 4) is 12.1 Å². The number of rotatable bonds is 0. The smallest absolute Gasteiger partial charge is 0.150 e. The van der Waals surface area contributed by atoms with Gasteiger partial charge in [-0.15, -0.1) is 0 Å². The molecule has 1 aromatic carbocycles. The van der Waals surface area contributed by atoms with Crippen molar-refractivity contribution in [2.75, 3.05) is 0 Å². The van der Waals surface area contributed by atoms with Gasteiger partial charge in [0.2, 0.25) is 0 Å². The van der Waals surface area contributed by atoms with E-state index in [1.807, 2.05) is 12.1 Å². The average molecular weight is 272 g/mol. The molecule has 1 heterocycles. The highest BCUT2D eigenvalue weighted by Gasteiger charge is 2.23. The lowest BCUT2D eigenvalue weighted by molar-refractivity contribution is 0.588. The average Bonchev–Trinajstić information content (AvgIpc) is 2.71. The number of nitrogens with zero attached hydrogens (tertiary/aromatic N) is 2. The number of hydrogen-bond acceptors (Lipinski definition) is 4. The molecule has 1 aromatic rings. The van der Waals surface area contributed by atoms with Crippen LogP contribution in [0, 0.1) is 22.7 Å². The van der Waals surface area contributed by atoms with E-state index < -0.39 is 0 Å². The fraction of sp³-hybridized carbons (Fsp3) is 0.286. The SMILES string of the molecule is CC(C)(C)c1ccc2c(c1)SC(=C(C#N)C#N)S2. The monoisotopic (exact) mass is 272 g/mol. The highest BCUT2D eigenvalue weighted by molar-refractivity contribution is 8.24. The second kappa shape index (κ2) is 4.72. The molecule has 0 saturated carbocycles. The van der Waals surface area contributed by atoms with E-state index in [0.717, 1.165) is 14.0 Å². The molecule has 1 aliphatic rings. The van der Waals surface area contributed by atoms with Crippen molar-refractivity contribution in [1.82, 2.24) is 0 Å². The summed E-state index contributed by atoms with van der Waals surface area (Å²) in [6, 6.07) is 10.3. The molecule has 0 N–H and O–H groups in total. The van der Waals surface area contributed by atoms with Gasteiger partial charge < -0.3 is 0 Å². The lowest BCUT2D eigenvalue weighted by atomic mass is 9.87. The Bertz CT molecular complexity index is 594. The zero-order valence-corrected chi connectivity index (χ0v) is 12.1. The Hall–Kier alpha value is -1.36. The van der Waals surface area contributed by atoms with Gasteiger partial charge in [-0.1, -0.05) is 50.4 Å². The van der Waals surface area contributed by atoms with Crippen molar-refractivity contribution in [2.24, 2.45) is 0 Å². The van der Waals surface area contributed by atoms with Crippen LogP contribution in [0.1, 0.15) is 26.3 Å². The van der Waals surface area contributed by atoms with Gasteiger partial charge in [0.15, 0.2) is 0 Å². The first-order valence-corrected chi connectivity index (χ1v) is 7.13. The summed E-state index contributed by atoms with van der Waals surface area (Å²) in [6.07, 6.45) is 0. The van der Waals surface area contributed by atoms with Gasteiger partial charge in [-0.2, -0.15) is 10.5 Å². The molecule has 0 saturated heterocycles. The van der Waals surface area contributed by atoms with Crippen LogP contribution in [0.15, 0.2) is 37.8 Å². The van der Waals surface area contributed by atoms with Gasteiger partial charge >= 0.3 is 0 Å². The number of benzene rings is 1. The first-order chi connectivity index (χ1) is 8.45. The first kappa shape index (κ1) is 13.1. The Morgan fingerprint density at radius 1 is 1.06 bits per heavy atom. The summed E-state index contributed by atoms with van der Waals surface area (Å²) >= 11 is 3.03. The maximum Gasteiger partial charge on any atom is 0.150 e. The van der Waals surface area contributed by atoms with E-state index in [-0.39, 0.29) is 11.0 Å². The molecule has 0 fully saturated rings. The third-order valence-corrected chi connectivity index (χ3v) is 5.18. The maximum atomic E-state index is 8.89. The summed E-state index contributed by atoms with van der Waals surface area (Å²) in [5.41, 5.74) is 1.59. The molecule has 90 valence electrons. The van der Waals surface area contributed by atoms with Crippen molar-refractivity contribution >= 4 is 23.5 Å². The highest BCUT2D eigenvalue weighted by Crippen LogP contribution is 2.52. The molecule has 0 unspecified atom stereocenters. The minimum Gasteiger partial charge on any atom is -0.192 e. The van der Waals surface area contributed by atoms with Crippen LogP contribution in [-0.4, -0.2) is 0 Å². The summed E-state index contributed by atoms with van der Waals surface area (Å²) in [6.45, 7) is 6.52. The molecule has 0 aliphatic carbocycles. The lowest BCUT2D eigenvalue weighted by Crippen LogP contribution is -2.10. The van der Waals surface area contributed by atoms with E-state index in [0.29, 0.717) is 0 Å². The van der Waals surface area contributed by atoms with E-state index in [2.05, 4.69) is 39.0 Å². The standard InChI is InChI=1S/C14H12N2S2/c1-14(2,3)10-4-5-11-12(6-10)18-13(17-11)9(7-15)8-16/h4-6H,1-3H3. The van der Waals surface area contributed by atoms with Gasteiger partial charge in [0, 0.05) is 9.79 Å². The van der Waals surface area contributed by atoms with Crippen LogP contribution in [-0.2, 0) is 5.41 Å². The van der Waals surface area contributed by atoms with E-state index in [4.69, 9.17) is 10.5 Å². The van der Waals surface area contributed by atoms with Crippen molar-refractivity contribution in [3.05, 3.63) is 33.6 Å². The molecule has 4 heteroatoms. The van der Waals surface area contributed by atoms with Crippen molar-refractivity contribution in [3.63, 3.8) is 0 Å². The second-order valence-electron chi connectivity index (χ2n) is 5.00. The largest absolute Gasteiger partial charge is 0.192 e. The summed E-state index contributed by atoms with van der Waals surface area (Å²) < 4.78 is 0.793.